The Kier molecular flexibility index (Phi) is 3.72. The lowest BCUT2D eigenvalue weighted by atomic mass is 10.2. The Hall–Kier alpha value is -1.75. The van der Waals surface area contributed by atoms with Crippen LogP contribution in [0.15, 0.2) is 40.9 Å². The Morgan fingerprint density at radius 3 is 2.56 bits per heavy atom. The van der Waals surface area contributed by atoms with Crippen LogP contribution in [0, 0.1) is 5.82 Å². The third-order valence-corrected chi connectivity index (χ3v) is 2.83. The fourth-order valence-corrected chi connectivity index (χ4v) is 1.74. The number of nitrogens with two attached hydrogens (primary N) is 1. The van der Waals surface area contributed by atoms with Crippen molar-refractivity contribution in [2.45, 2.75) is 0 Å². The minimum absolute atomic E-state index is 0.109. The Morgan fingerprint density at radius 1 is 1.11 bits per heavy atom. The highest BCUT2D eigenvalue weighted by molar-refractivity contribution is 9.10. The maximum atomic E-state index is 13.6. The molecule has 0 bridgehead atoms. The molecule has 94 valence electrons. The molecule has 2 aromatic rings. The molecule has 5 heteroatoms. The van der Waals surface area contributed by atoms with E-state index in [2.05, 4.69) is 15.9 Å². The second kappa shape index (κ2) is 5.27. The lowest BCUT2D eigenvalue weighted by Gasteiger charge is -2.10. The normalized spacial score (nSPS) is 10.2. The van der Waals surface area contributed by atoms with Crippen molar-refractivity contribution in [2.24, 2.45) is 0 Å². The van der Waals surface area contributed by atoms with Crippen LogP contribution in [0.25, 0.3) is 0 Å². The summed E-state index contributed by atoms with van der Waals surface area (Å²) in [7, 11) is 1.54. The molecule has 0 unspecified atom stereocenters. The summed E-state index contributed by atoms with van der Waals surface area (Å²) in [5, 5.41) is 0. The Labute approximate surface area is 112 Å². The lowest BCUT2D eigenvalue weighted by molar-refractivity contribution is 0.406. The van der Waals surface area contributed by atoms with Gasteiger partial charge < -0.3 is 15.2 Å². The van der Waals surface area contributed by atoms with Gasteiger partial charge in [-0.3, -0.25) is 0 Å². The maximum absolute atomic E-state index is 13.6. The van der Waals surface area contributed by atoms with E-state index >= 15 is 0 Å². The maximum Gasteiger partial charge on any atom is 0.166 e. The molecule has 3 nitrogen and oxygen atoms in total. The van der Waals surface area contributed by atoms with E-state index in [-0.39, 0.29) is 5.75 Å². The van der Waals surface area contributed by atoms with Gasteiger partial charge >= 0.3 is 0 Å². The van der Waals surface area contributed by atoms with Crippen molar-refractivity contribution in [2.75, 3.05) is 12.8 Å². The van der Waals surface area contributed by atoms with Gasteiger partial charge in [-0.2, -0.15) is 0 Å². The first kappa shape index (κ1) is 12.7. The highest BCUT2D eigenvalue weighted by Gasteiger charge is 2.08. The monoisotopic (exact) mass is 311 g/mol. The first-order valence-corrected chi connectivity index (χ1v) is 5.96. The van der Waals surface area contributed by atoms with Crippen LogP contribution in [0.1, 0.15) is 0 Å². The van der Waals surface area contributed by atoms with Crippen LogP contribution in [0.5, 0.6) is 17.2 Å². The van der Waals surface area contributed by atoms with Crippen molar-refractivity contribution in [3.63, 3.8) is 0 Å². The smallest absolute Gasteiger partial charge is 0.166 e. The standard InChI is InChI=1S/C13H11BrFNO2/c1-17-9-3-4-11(16)13(7-9)18-12-5-2-8(14)6-10(12)15/h2-7H,16H2,1H3. The number of nitrogen functional groups attached to an aromatic ring is 1. The molecule has 0 saturated heterocycles. The molecule has 0 aliphatic rings. The van der Waals surface area contributed by atoms with Gasteiger partial charge in [0.05, 0.1) is 12.8 Å². The number of methoxy groups -OCH3 is 1. The first-order chi connectivity index (χ1) is 8.60. The Morgan fingerprint density at radius 2 is 1.89 bits per heavy atom. The minimum atomic E-state index is -0.466. The summed E-state index contributed by atoms with van der Waals surface area (Å²) in [4.78, 5) is 0. The first-order valence-electron chi connectivity index (χ1n) is 5.16. The van der Waals surface area contributed by atoms with Gasteiger partial charge in [-0.25, -0.2) is 4.39 Å². The van der Waals surface area contributed by atoms with Crippen LogP contribution < -0.4 is 15.2 Å². The average Bonchev–Trinajstić information content (AvgIpc) is 2.35. The van der Waals surface area contributed by atoms with E-state index in [1.54, 1.807) is 24.3 Å². The molecule has 0 atom stereocenters. The van der Waals surface area contributed by atoms with Crippen molar-refractivity contribution in [1.29, 1.82) is 0 Å². The molecule has 2 rings (SSSR count). The van der Waals surface area contributed by atoms with Crippen molar-refractivity contribution in [3.05, 3.63) is 46.7 Å². The molecule has 0 amide bonds. The van der Waals surface area contributed by atoms with E-state index in [9.17, 15) is 4.39 Å². The summed E-state index contributed by atoms with van der Waals surface area (Å²) >= 11 is 3.18. The third kappa shape index (κ3) is 2.73. The molecule has 0 aromatic heterocycles. The summed E-state index contributed by atoms with van der Waals surface area (Å²) in [6, 6.07) is 9.50. The van der Waals surface area contributed by atoms with E-state index in [0.717, 1.165) is 0 Å². The highest BCUT2D eigenvalue weighted by Crippen LogP contribution is 2.33. The van der Waals surface area contributed by atoms with Crippen molar-refractivity contribution >= 4 is 21.6 Å². The molecule has 2 aromatic carbocycles. The summed E-state index contributed by atoms with van der Waals surface area (Å²) < 4.78 is 24.8. The number of ether oxygens (including phenoxy) is 2. The van der Waals surface area contributed by atoms with Crippen molar-refractivity contribution in [1.82, 2.24) is 0 Å². The van der Waals surface area contributed by atoms with Crippen LogP contribution in [0.3, 0.4) is 0 Å². The van der Waals surface area contributed by atoms with Gasteiger partial charge in [0.25, 0.3) is 0 Å². The lowest BCUT2D eigenvalue weighted by Crippen LogP contribution is -1.95. The predicted octanol–water partition coefficient (Wildman–Crippen LogP) is 3.97. The van der Waals surface area contributed by atoms with Crippen LogP contribution >= 0.6 is 15.9 Å². The number of hydrogen-bond donors (Lipinski definition) is 1. The molecule has 0 aliphatic heterocycles. The molecule has 0 radical (unpaired) electrons. The van der Waals surface area contributed by atoms with E-state index < -0.39 is 5.82 Å². The zero-order valence-corrected chi connectivity index (χ0v) is 11.2. The topological polar surface area (TPSA) is 44.5 Å². The van der Waals surface area contributed by atoms with Crippen molar-refractivity contribution < 1.29 is 13.9 Å². The van der Waals surface area contributed by atoms with Gasteiger partial charge in [0.2, 0.25) is 0 Å². The average molecular weight is 312 g/mol. The van der Waals surface area contributed by atoms with Gasteiger partial charge in [0, 0.05) is 10.5 Å². The zero-order valence-electron chi connectivity index (χ0n) is 9.61. The fourth-order valence-electron chi connectivity index (χ4n) is 1.41. The van der Waals surface area contributed by atoms with Gasteiger partial charge in [-0.1, -0.05) is 15.9 Å². The summed E-state index contributed by atoms with van der Waals surface area (Å²) in [5.41, 5.74) is 6.17. The molecule has 0 aliphatic carbocycles. The quantitative estimate of drug-likeness (QED) is 0.872. The molecule has 0 fully saturated rings. The highest BCUT2D eigenvalue weighted by atomic mass is 79.9. The molecule has 2 N–H and O–H groups in total. The fraction of sp³-hybridized carbons (Fsp3) is 0.0769. The van der Waals surface area contributed by atoms with Gasteiger partial charge in [0.1, 0.15) is 5.75 Å². The van der Waals surface area contributed by atoms with E-state index in [0.29, 0.717) is 21.7 Å². The minimum Gasteiger partial charge on any atom is -0.497 e. The Balaban J connectivity index is 2.33. The van der Waals surface area contributed by atoms with Crippen molar-refractivity contribution in [3.8, 4) is 17.2 Å². The number of halogens is 2. The van der Waals surface area contributed by atoms with Gasteiger partial charge in [0.15, 0.2) is 17.3 Å². The van der Waals surface area contributed by atoms with E-state index in [1.807, 2.05) is 0 Å². The van der Waals surface area contributed by atoms with E-state index in [4.69, 9.17) is 15.2 Å². The predicted molar refractivity (Wildman–Crippen MR) is 71.6 cm³/mol. The second-order valence-corrected chi connectivity index (χ2v) is 4.50. The van der Waals surface area contributed by atoms with Crippen LogP contribution in [0.2, 0.25) is 0 Å². The molecule has 18 heavy (non-hydrogen) atoms. The SMILES string of the molecule is COc1ccc(N)c(Oc2ccc(Br)cc2F)c1. The molecule has 0 spiro atoms. The number of rotatable bonds is 3. The second-order valence-electron chi connectivity index (χ2n) is 3.58. The van der Waals surface area contributed by atoms with Crippen LogP contribution in [-0.4, -0.2) is 7.11 Å². The van der Waals surface area contributed by atoms with Gasteiger partial charge in [-0.05, 0) is 30.3 Å². The number of hydrogen-bond acceptors (Lipinski definition) is 3. The summed E-state index contributed by atoms with van der Waals surface area (Å²) in [6.07, 6.45) is 0. The van der Waals surface area contributed by atoms with Crippen LogP contribution in [0.4, 0.5) is 10.1 Å². The molecule has 0 heterocycles. The largest absolute Gasteiger partial charge is 0.497 e. The molecule has 0 saturated carbocycles. The molecular formula is C13H11BrFNO2. The van der Waals surface area contributed by atoms with Crippen LogP contribution in [-0.2, 0) is 0 Å². The number of benzene rings is 2. The van der Waals surface area contributed by atoms with E-state index in [1.165, 1.54) is 19.2 Å². The summed E-state index contributed by atoms with van der Waals surface area (Å²) in [5.74, 6) is 0.594. The number of anilines is 1. The molecular weight excluding hydrogens is 301 g/mol. The zero-order chi connectivity index (χ0) is 13.1. The Bertz CT molecular complexity index is 575. The summed E-state index contributed by atoms with van der Waals surface area (Å²) in [6.45, 7) is 0. The van der Waals surface area contributed by atoms with Gasteiger partial charge in [-0.15, -0.1) is 0 Å². The third-order valence-electron chi connectivity index (χ3n) is 2.33.